The summed E-state index contributed by atoms with van der Waals surface area (Å²) in [6, 6.07) is 15.7. The molecule has 0 aliphatic carbocycles. The number of rotatable bonds is 5. The van der Waals surface area contributed by atoms with Crippen LogP contribution in [0.4, 0.5) is 27.7 Å². The number of para-hydroxylation sites is 1. The fourth-order valence-corrected chi connectivity index (χ4v) is 3.32. The van der Waals surface area contributed by atoms with Crippen molar-refractivity contribution in [2.75, 3.05) is 10.6 Å². The molecule has 9 nitrogen and oxygen atoms in total. The molecule has 0 saturated heterocycles. The molecular formula is C19H14FN5O4S. The third-order valence-electron chi connectivity index (χ3n) is 4.10. The number of halogens is 1. The van der Waals surface area contributed by atoms with Gasteiger partial charge in [0.2, 0.25) is 11.9 Å². The number of nitrogens with zero attached hydrogens (tertiary/aromatic N) is 3. The maximum atomic E-state index is 13.8. The second-order valence-electron chi connectivity index (χ2n) is 6.22. The molecule has 152 valence electrons. The van der Waals surface area contributed by atoms with Gasteiger partial charge in [0.25, 0.3) is 10.1 Å². The Labute approximate surface area is 170 Å². The Bertz CT molecular complexity index is 1350. The first kappa shape index (κ1) is 19.5. The number of aromatic nitrogens is 3. The van der Waals surface area contributed by atoms with E-state index in [2.05, 4.69) is 25.6 Å². The van der Waals surface area contributed by atoms with Gasteiger partial charge >= 0.3 is 6.08 Å². The van der Waals surface area contributed by atoms with Crippen molar-refractivity contribution in [2.24, 2.45) is 0 Å². The molecule has 11 heteroatoms. The van der Waals surface area contributed by atoms with E-state index < -0.39 is 21.1 Å². The molecule has 0 bridgehead atoms. The normalized spacial score (nSPS) is 11.4. The number of aromatic hydroxyl groups is 1. The predicted octanol–water partition coefficient (Wildman–Crippen LogP) is 3.60. The minimum absolute atomic E-state index is 0.00219. The Kier molecular flexibility index (Phi) is 4.90. The Hall–Kier alpha value is -3.83. The quantitative estimate of drug-likeness (QED) is 0.352. The van der Waals surface area contributed by atoms with E-state index in [0.29, 0.717) is 22.1 Å². The number of fused-ring (bicyclic) bond motifs is 1. The minimum atomic E-state index is -4.46. The summed E-state index contributed by atoms with van der Waals surface area (Å²) in [5.74, 6) is -0.427. The minimum Gasteiger partial charge on any atom is -0.507 e. The molecule has 3 aromatic carbocycles. The highest BCUT2D eigenvalue weighted by Crippen LogP contribution is 2.31. The fourth-order valence-electron chi connectivity index (χ4n) is 2.78. The van der Waals surface area contributed by atoms with Crippen molar-refractivity contribution in [2.45, 2.75) is 4.90 Å². The number of phenolic OH excluding ortho intramolecular Hbond substituents is 1. The molecule has 1 heterocycles. The predicted molar refractivity (Wildman–Crippen MR) is 108 cm³/mol. The second kappa shape index (κ2) is 7.54. The molecule has 30 heavy (non-hydrogen) atoms. The maximum absolute atomic E-state index is 13.8. The van der Waals surface area contributed by atoms with E-state index in [1.54, 1.807) is 30.3 Å². The van der Waals surface area contributed by atoms with Gasteiger partial charge in [-0.25, -0.2) is 0 Å². The molecule has 0 unspecified atom stereocenters. The highest BCUT2D eigenvalue weighted by molar-refractivity contribution is 7.85. The SMILES string of the molecule is O=S(=O)(O)c1cc(O)c2cc(Nc3nc(F)nc(Nc4ccccc4)n3)ccc2c1. The molecule has 1 aromatic heterocycles. The lowest BCUT2D eigenvalue weighted by atomic mass is 10.1. The van der Waals surface area contributed by atoms with Crippen LogP contribution < -0.4 is 10.6 Å². The molecule has 0 aliphatic rings. The first-order chi connectivity index (χ1) is 14.3. The van der Waals surface area contributed by atoms with Crippen molar-refractivity contribution < 1.29 is 22.5 Å². The Morgan fingerprint density at radius 1 is 0.833 bits per heavy atom. The molecule has 0 fully saturated rings. The van der Waals surface area contributed by atoms with Crippen LogP contribution in [0.25, 0.3) is 10.8 Å². The largest absolute Gasteiger partial charge is 0.507 e. The van der Waals surface area contributed by atoms with Crippen molar-refractivity contribution in [1.82, 2.24) is 15.0 Å². The zero-order chi connectivity index (χ0) is 21.3. The number of anilines is 4. The molecule has 4 N–H and O–H groups in total. The summed E-state index contributed by atoms with van der Waals surface area (Å²) in [5.41, 5.74) is 1.08. The van der Waals surface area contributed by atoms with Crippen LogP contribution in [0.5, 0.6) is 5.75 Å². The molecule has 0 amide bonds. The van der Waals surface area contributed by atoms with Gasteiger partial charge in [0.15, 0.2) is 0 Å². The standard InChI is InChI=1S/C19H14FN5O4S/c20-17-23-18(21-12-4-2-1-3-5-12)25-19(24-17)22-13-7-6-11-8-14(30(27,28)29)10-16(26)15(11)9-13/h1-10,26H,(H,27,28,29)(H2,21,22,23,24,25). The van der Waals surface area contributed by atoms with E-state index in [-0.39, 0.29) is 17.6 Å². The van der Waals surface area contributed by atoms with Crippen LogP contribution in [-0.4, -0.2) is 33.0 Å². The summed E-state index contributed by atoms with van der Waals surface area (Å²) >= 11 is 0. The van der Waals surface area contributed by atoms with Crippen molar-refractivity contribution >= 4 is 44.2 Å². The van der Waals surface area contributed by atoms with E-state index >= 15 is 0 Å². The molecule has 0 aliphatic heterocycles. The van der Waals surface area contributed by atoms with Crippen LogP contribution in [-0.2, 0) is 10.1 Å². The van der Waals surface area contributed by atoms with Gasteiger partial charge in [-0.3, -0.25) is 4.55 Å². The van der Waals surface area contributed by atoms with Gasteiger partial charge < -0.3 is 15.7 Å². The highest BCUT2D eigenvalue weighted by Gasteiger charge is 2.14. The van der Waals surface area contributed by atoms with Gasteiger partial charge in [-0.15, -0.1) is 0 Å². The third kappa shape index (κ3) is 4.26. The maximum Gasteiger partial charge on any atom is 0.315 e. The van der Waals surface area contributed by atoms with Crippen molar-refractivity contribution in [3.05, 3.63) is 66.7 Å². The third-order valence-corrected chi connectivity index (χ3v) is 4.93. The van der Waals surface area contributed by atoms with Crippen LogP contribution in [0.3, 0.4) is 0 Å². The zero-order valence-corrected chi connectivity index (χ0v) is 15.9. The Morgan fingerprint density at radius 2 is 1.50 bits per heavy atom. The lowest BCUT2D eigenvalue weighted by Gasteiger charge is -2.10. The van der Waals surface area contributed by atoms with Crippen LogP contribution in [0.2, 0.25) is 0 Å². The van der Waals surface area contributed by atoms with Crippen molar-refractivity contribution in [3.8, 4) is 5.75 Å². The zero-order valence-electron chi connectivity index (χ0n) is 15.1. The van der Waals surface area contributed by atoms with Crippen molar-refractivity contribution in [3.63, 3.8) is 0 Å². The van der Waals surface area contributed by atoms with Gasteiger partial charge in [-0.2, -0.15) is 27.8 Å². The monoisotopic (exact) mass is 427 g/mol. The van der Waals surface area contributed by atoms with E-state index in [9.17, 15) is 17.9 Å². The molecule has 4 aromatic rings. The lowest BCUT2D eigenvalue weighted by molar-refractivity contribution is 0.471. The van der Waals surface area contributed by atoms with E-state index in [1.807, 2.05) is 6.07 Å². The summed E-state index contributed by atoms with van der Waals surface area (Å²) in [6.07, 6.45) is -0.993. The van der Waals surface area contributed by atoms with Gasteiger partial charge in [-0.1, -0.05) is 24.3 Å². The lowest BCUT2D eigenvalue weighted by Crippen LogP contribution is -2.06. The van der Waals surface area contributed by atoms with Gasteiger partial charge in [0, 0.05) is 22.8 Å². The van der Waals surface area contributed by atoms with Crippen LogP contribution >= 0.6 is 0 Å². The van der Waals surface area contributed by atoms with E-state index in [1.165, 1.54) is 18.2 Å². The average molecular weight is 427 g/mol. The summed E-state index contributed by atoms with van der Waals surface area (Å²) in [6.45, 7) is 0. The summed E-state index contributed by atoms with van der Waals surface area (Å²) < 4.78 is 45.6. The summed E-state index contributed by atoms with van der Waals surface area (Å²) in [4.78, 5) is 10.9. The summed E-state index contributed by atoms with van der Waals surface area (Å²) in [5, 5.41) is 16.5. The van der Waals surface area contributed by atoms with Crippen molar-refractivity contribution in [1.29, 1.82) is 0 Å². The first-order valence-corrected chi connectivity index (χ1v) is 9.97. The van der Waals surface area contributed by atoms with Gasteiger partial charge in [-0.05, 0) is 35.7 Å². The number of hydrogen-bond acceptors (Lipinski definition) is 8. The molecule has 0 saturated carbocycles. The van der Waals surface area contributed by atoms with E-state index in [4.69, 9.17) is 4.55 Å². The topological polar surface area (TPSA) is 137 Å². The van der Waals surface area contributed by atoms with Crippen LogP contribution in [0.15, 0.2) is 65.6 Å². The van der Waals surface area contributed by atoms with E-state index in [0.717, 1.165) is 6.07 Å². The van der Waals surface area contributed by atoms with Crippen LogP contribution in [0, 0.1) is 6.08 Å². The first-order valence-electron chi connectivity index (χ1n) is 8.53. The Balaban J connectivity index is 1.65. The fraction of sp³-hybridized carbons (Fsp3) is 0. The molecule has 0 radical (unpaired) electrons. The molecule has 4 rings (SSSR count). The molecular weight excluding hydrogens is 413 g/mol. The number of benzene rings is 3. The number of hydrogen-bond donors (Lipinski definition) is 4. The number of nitrogens with one attached hydrogen (secondary N) is 2. The number of phenols is 1. The molecule has 0 spiro atoms. The summed E-state index contributed by atoms with van der Waals surface area (Å²) in [7, 11) is -4.46. The highest BCUT2D eigenvalue weighted by atomic mass is 32.2. The second-order valence-corrected chi connectivity index (χ2v) is 7.64. The van der Waals surface area contributed by atoms with Gasteiger partial charge in [0.1, 0.15) is 5.75 Å². The van der Waals surface area contributed by atoms with Gasteiger partial charge in [0.05, 0.1) is 4.90 Å². The smallest absolute Gasteiger partial charge is 0.315 e. The molecule has 0 atom stereocenters. The Morgan fingerprint density at radius 3 is 2.17 bits per heavy atom. The average Bonchev–Trinajstić information content (AvgIpc) is 2.68. The van der Waals surface area contributed by atoms with Crippen LogP contribution in [0.1, 0.15) is 0 Å².